The van der Waals surface area contributed by atoms with Crippen LogP contribution in [0.2, 0.25) is 0 Å². The van der Waals surface area contributed by atoms with Crippen LogP contribution in [0.4, 0.5) is 4.39 Å². The van der Waals surface area contributed by atoms with Crippen LogP contribution >= 0.6 is 0 Å². The largest absolute Gasteiger partial charge is 0.488 e. The number of rotatable bonds is 6. The molecule has 0 aliphatic carbocycles. The molecule has 0 unspecified atom stereocenters. The number of benzene rings is 3. The third-order valence-corrected chi connectivity index (χ3v) is 5.86. The molecule has 0 radical (unpaired) electrons. The summed E-state index contributed by atoms with van der Waals surface area (Å²) in [6, 6.07) is 21.1. The Bertz CT molecular complexity index is 1280. The maximum absolute atomic E-state index is 14.2. The van der Waals surface area contributed by atoms with Crippen LogP contribution in [0.3, 0.4) is 0 Å². The van der Waals surface area contributed by atoms with Gasteiger partial charge < -0.3 is 9.47 Å². The van der Waals surface area contributed by atoms with Gasteiger partial charge in [0.05, 0.1) is 17.8 Å². The summed E-state index contributed by atoms with van der Waals surface area (Å²) in [6.07, 6.45) is 0. The highest BCUT2D eigenvalue weighted by Crippen LogP contribution is 2.39. The number of nitrogens with zero attached hydrogens (tertiary/aromatic N) is 1. The molecule has 0 N–H and O–H groups in total. The number of methoxy groups -OCH3 is 1. The van der Waals surface area contributed by atoms with E-state index >= 15 is 0 Å². The van der Waals surface area contributed by atoms with Crippen molar-refractivity contribution in [1.29, 1.82) is 0 Å². The lowest BCUT2D eigenvalue weighted by Gasteiger charge is -2.22. The van der Waals surface area contributed by atoms with Gasteiger partial charge in [0.25, 0.3) is 0 Å². The maximum Gasteiger partial charge on any atom is 0.137 e. The molecule has 0 amide bonds. The normalized spacial score (nSPS) is 11.7. The lowest BCUT2D eigenvalue weighted by Crippen LogP contribution is -2.11. The van der Waals surface area contributed by atoms with E-state index in [4.69, 9.17) is 14.5 Å². The molecule has 3 aromatic carbocycles. The van der Waals surface area contributed by atoms with Gasteiger partial charge >= 0.3 is 0 Å². The van der Waals surface area contributed by atoms with Gasteiger partial charge in [-0.25, -0.2) is 9.37 Å². The Morgan fingerprint density at radius 1 is 0.909 bits per heavy atom. The molecule has 0 aliphatic rings. The van der Waals surface area contributed by atoms with Crippen LogP contribution in [0.5, 0.6) is 5.75 Å². The highest BCUT2D eigenvalue weighted by Gasteiger charge is 2.21. The first-order valence-corrected chi connectivity index (χ1v) is 11.2. The minimum atomic E-state index is -0.323. The smallest absolute Gasteiger partial charge is 0.137 e. The molecule has 0 spiro atoms. The second-order valence-corrected chi connectivity index (χ2v) is 9.42. The summed E-state index contributed by atoms with van der Waals surface area (Å²) in [6.45, 7) is 9.39. The number of hydrogen-bond donors (Lipinski definition) is 0. The average molecular weight is 444 g/mol. The molecule has 4 rings (SSSR count). The van der Waals surface area contributed by atoms with Gasteiger partial charge in [0, 0.05) is 23.6 Å². The molecule has 1 aromatic heterocycles. The van der Waals surface area contributed by atoms with Crippen molar-refractivity contribution in [1.82, 2.24) is 4.98 Å². The minimum absolute atomic E-state index is 0.0525. The maximum atomic E-state index is 14.2. The van der Waals surface area contributed by atoms with Gasteiger partial charge in [-0.2, -0.15) is 0 Å². The van der Waals surface area contributed by atoms with Crippen molar-refractivity contribution in [3.8, 4) is 17.0 Å². The lowest BCUT2D eigenvalue weighted by atomic mass is 9.84. The average Bonchev–Trinajstić information content (AvgIpc) is 2.78. The first-order chi connectivity index (χ1) is 15.8. The van der Waals surface area contributed by atoms with Crippen LogP contribution in [-0.2, 0) is 23.4 Å². The molecule has 0 bridgehead atoms. The highest BCUT2D eigenvalue weighted by molar-refractivity contribution is 5.90. The molecule has 4 aromatic rings. The predicted molar refractivity (Wildman–Crippen MR) is 132 cm³/mol. The van der Waals surface area contributed by atoms with Crippen LogP contribution in [-0.4, -0.2) is 12.1 Å². The first kappa shape index (κ1) is 22.9. The summed E-state index contributed by atoms with van der Waals surface area (Å²) in [7, 11) is 1.65. The zero-order valence-corrected chi connectivity index (χ0v) is 19.9. The molecular weight excluding hydrogens is 413 g/mol. The zero-order valence-electron chi connectivity index (χ0n) is 19.9. The van der Waals surface area contributed by atoms with E-state index in [2.05, 4.69) is 45.9 Å². The Morgan fingerprint density at radius 2 is 1.67 bits per heavy atom. The van der Waals surface area contributed by atoms with Crippen LogP contribution in [0.25, 0.3) is 22.2 Å². The van der Waals surface area contributed by atoms with Crippen molar-refractivity contribution in [2.75, 3.05) is 7.11 Å². The molecule has 170 valence electrons. The molecule has 33 heavy (non-hydrogen) atoms. The summed E-state index contributed by atoms with van der Waals surface area (Å²) >= 11 is 0. The zero-order chi connectivity index (χ0) is 23.6. The fourth-order valence-electron chi connectivity index (χ4n) is 4.04. The van der Waals surface area contributed by atoms with E-state index in [9.17, 15) is 4.39 Å². The van der Waals surface area contributed by atoms with Crippen molar-refractivity contribution in [3.05, 3.63) is 94.8 Å². The molecule has 0 aliphatic heterocycles. The SMILES string of the molecule is COCc1c(-c2ccc(C(C)(C)C)cc2C)nc2ccc(F)cc2c1OCc1ccccc1. The van der Waals surface area contributed by atoms with Crippen LogP contribution in [0, 0.1) is 12.7 Å². The summed E-state index contributed by atoms with van der Waals surface area (Å²) < 4.78 is 26.1. The minimum Gasteiger partial charge on any atom is -0.488 e. The van der Waals surface area contributed by atoms with Crippen LogP contribution in [0.1, 0.15) is 43.0 Å². The number of hydrogen-bond acceptors (Lipinski definition) is 3. The van der Waals surface area contributed by atoms with Gasteiger partial charge in [-0.1, -0.05) is 69.3 Å². The molecule has 0 saturated carbocycles. The van der Waals surface area contributed by atoms with Crippen molar-refractivity contribution in [2.45, 2.75) is 46.3 Å². The van der Waals surface area contributed by atoms with Crippen molar-refractivity contribution in [3.63, 3.8) is 0 Å². The summed E-state index contributed by atoms with van der Waals surface area (Å²) in [5.74, 6) is 0.287. The Hall–Kier alpha value is -3.24. The fraction of sp³-hybridized carbons (Fsp3) is 0.276. The predicted octanol–water partition coefficient (Wildman–Crippen LogP) is 7.37. The molecule has 3 nitrogen and oxygen atoms in total. The van der Waals surface area contributed by atoms with Gasteiger partial charge in [0.1, 0.15) is 18.2 Å². The van der Waals surface area contributed by atoms with Gasteiger partial charge in [-0.3, -0.25) is 0 Å². The number of fused-ring (bicyclic) bond motifs is 1. The first-order valence-electron chi connectivity index (χ1n) is 11.2. The molecule has 0 saturated heterocycles. The molecule has 1 heterocycles. The number of ether oxygens (including phenoxy) is 2. The van der Waals surface area contributed by atoms with E-state index in [1.165, 1.54) is 17.7 Å². The number of halogens is 1. The van der Waals surface area contributed by atoms with Gasteiger partial charge in [0.15, 0.2) is 0 Å². The standard InChI is InChI=1S/C29H30FNO2/c1-19-15-21(29(2,3)4)11-13-23(19)27-25(18-32-5)28(33-17-20-9-7-6-8-10-20)24-16-22(30)12-14-26(24)31-27/h6-16H,17-18H2,1-5H3. The topological polar surface area (TPSA) is 31.4 Å². The highest BCUT2D eigenvalue weighted by atomic mass is 19.1. The summed E-state index contributed by atoms with van der Waals surface area (Å²) in [4.78, 5) is 4.95. The Balaban J connectivity index is 1.91. The summed E-state index contributed by atoms with van der Waals surface area (Å²) in [5, 5.41) is 0.644. The van der Waals surface area contributed by atoms with Gasteiger partial charge in [-0.05, 0) is 47.2 Å². The Kier molecular flexibility index (Phi) is 6.48. The van der Waals surface area contributed by atoms with E-state index in [-0.39, 0.29) is 11.2 Å². The van der Waals surface area contributed by atoms with Gasteiger partial charge in [0.2, 0.25) is 0 Å². The monoisotopic (exact) mass is 443 g/mol. The van der Waals surface area contributed by atoms with E-state index in [0.29, 0.717) is 29.9 Å². The Morgan fingerprint density at radius 3 is 2.33 bits per heavy atom. The van der Waals surface area contributed by atoms with Crippen molar-refractivity contribution in [2.24, 2.45) is 0 Å². The van der Waals surface area contributed by atoms with Crippen molar-refractivity contribution >= 4 is 10.9 Å². The molecule has 4 heteroatoms. The van der Waals surface area contributed by atoms with Crippen LogP contribution < -0.4 is 4.74 Å². The summed E-state index contributed by atoms with van der Waals surface area (Å²) in [5.41, 5.74) is 6.81. The molecule has 0 atom stereocenters. The third-order valence-electron chi connectivity index (χ3n) is 5.86. The third kappa shape index (κ3) is 4.91. The van der Waals surface area contributed by atoms with E-state index in [1.54, 1.807) is 13.2 Å². The second kappa shape index (κ2) is 9.32. The molecule has 0 fully saturated rings. The number of pyridine rings is 1. The number of aryl methyl sites for hydroxylation is 1. The second-order valence-electron chi connectivity index (χ2n) is 9.42. The van der Waals surface area contributed by atoms with E-state index < -0.39 is 0 Å². The lowest BCUT2D eigenvalue weighted by molar-refractivity contribution is 0.179. The number of aromatic nitrogens is 1. The Labute approximate surface area is 195 Å². The van der Waals surface area contributed by atoms with Crippen molar-refractivity contribution < 1.29 is 13.9 Å². The van der Waals surface area contributed by atoms with Gasteiger partial charge in [-0.15, -0.1) is 0 Å². The van der Waals surface area contributed by atoms with E-state index in [0.717, 1.165) is 27.9 Å². The molecular formula is C29H30FNO2. The quantitative estimate of drug-likeness (QED) is 0.312. The fourth-order valence-corrected chi connectivity index (χ4v) is 4.04. The van der Waals surface area contributed by atoms with E-state index in [1.807, 2.05) is 30.3 Å². The van der Waals surface area contributed by atoms with Crippen LogP contribution in [0.15, 0.2) is 66.7 Å².